The first kappa shape index (κ1) is 19.5. The summed E-state index contributed by atoms with van der Waals surface area (Å²) >= 11 is 0. The Bertz CT molecular complexity index is 670. The molecule has 0 spiro atoms. The number of aliphatic hydroxyl groups excluding tert-OH is 2. The van der Waals surface area contributed by atoms with Crippen LogP contribution in [0, 0.1) is 52.3 Å². The van der Waals surface area contributed by atoms with Crippen LogP contribution < -0.4 is 0 Å². The predicted octanol–water partition coefficient (Wildman–Crippen LogP) is 4.95. The van der Waals surface area contributed by atoms with Gasteiger partial charge in [0, 0.05) is 6.42 Å². The minimum absolute atomic E-state index is 0.196. The van der Waals surface area contributed by atoms with E-state index in [4.69, 9.17) is 0 Å². The summed E-state index contributed by atoms with van der Waals surface area (Å²) in [7, 11) is 0. The van der Waals surface area contributed by atoms with Crippen molar-refractivity contribution < 1.29 is 10.2 Å². The largest absolute Gasteiger partial charge is 0.393 e. The summed E-state index contributed by atoms with van der Waals surface area (Å²) in [5, 5.41) is 21.4. The van der Waals surface area contributed by atoms with Crippen molar-refractivity contribution in [3.63, 3.8) is 0 Å². The SMILES string of the molecule is CC#CCC(C)[C@H]1CCC2[C@H]3C(CC[C@@]21C)[C@@]1(C)CC[C@H](O)CC1=C[C@H]3O. The lowest BCUT2D eigenvalue weighted by molar-refractivity contribution is -0.0965. The molecule has 2 nitrogen and oxygen atoms in total. The number of rotatable bonds is 2. The van der Waals surface area contributed by atoms with Crippen molar-refractivity contribution in [2.75, 3.05) is 0 Å². The number of hydrogen-bond donors (Lipinski definition) is 2. The van der Waals surface area contributed by atoms with E-state index in [1.807, 2.05) is 6.92 Å². The van der Waals surface area contributed by atoms with Crippen molar-refractivity contribution >= 4 is 0 Å². The molecule has 0 radical (unpaired) electrons. The Morgan fingerprint density at radius 2 is 1.89 bits per heavy atom. The quantitative estimate of drug-likeness (QED) is 0.533. The van der Waals surface area contributed by atoms with E-state index < -0.39 is 0 Å². The summed E-state index contributed by atoms with van der Waals surface area (Å²) in [4.78, 5) is 0. The van der Waals surface area contributed by atoms with Gasteiger partial charge in [0.1, 0.15) is 0 Å². The molecule has 0 aliphatic heterocycles. The maximum absolute atomic E-state index is 11.2. The first-order valence-corrected chi connectivity index (χ1v) is 11.3. The Balaban J connectivity index is 1.63. The highest BCUT2D eigenvalue weighted by molar-refractivity contribution is 5.28. The Labute approximate surface area is 165 Å². The second-order valence-corrected chi connectivity index (χ2v) is 10.6. The minimum Gasteiger partial charge on any atom is -0.393 e. The maximum Gasteiger partial charge on any atom is 0.0757 e. The van der Waals surface area contributed by atoms with Gasteiger partial charge in [0.05, 0.1) is 12.2 Å². The van der Waals surface area contributed by atoms with E-state index in [1.54, 1.807) is 0 Å². The Kier molecular flexibility index (Phi) is 5.01. The van der Waals surface area contributed by atoms with Gasteiger partial charge in [0.15, 0.2) is 0 Å². The average Bonchev–Trinajstić information content (AvgIpc) is 2.98. The average molecular weight is 371 g/mol. The van der Waals surface area contributed by atoms with Crippen molar-refractivity contribution in [1.29, 1.82) is 0 Å². The van der Waals surface area contributed by atoms with E-state index in [0.717, 1.165) is 31.6 Å². The van der Waals surface area contributed by atoms with E-state index in [9.17, 15) is 10.2 Å². The molecule has 2 heteroatoms. The summed E-state index contributed by atoms with van der Waals surface area (Å²) in [6.07, 6.45) is 10.5. The van der Waals surface area contributed by atoms with Gasteiger partial charge in [-0.05, 0) is 92.3 Å². The van der Waals surface area contributed by atoms with Crippen LogP contribution in [0.5, 0.6) is 0 Å². The van der Waals surface area contributed by atoms with E-state index in [1.165, 1.54) is 31.3 Å². The molecule has 4 rings (SSSR count). The van der Waals surface area contributed by atoms with Crippen LogP contribution in [-0.4, -0.2) is 22.4 Å². The fraction of sp³-hybridized carbons (Fsp3) is 0.840. The Hall–Kier alpha value is -0.780. The van der Waals surface area contributed by atoms with Gasteiger partial charge in [-0.15, -0.1) is 11.8 Å². The van der Waals surface area contributed by atoms with Crippen LogP contribution in [0.25, 0.3) is 0 Å². The topological polar surface area (TPSA) is 40.5 Å². The third-order valence-corrected chi connectivity index (χ3v) is 9.46. The van der Waals surface area contributed by atoms with Crippen LogP contribution in [-0.2, 0) is 0 Å². The molecule has 3 unspecified atom stereocenters. The van der Waals surface area contributed by atoms with Gasteiger partial charge in [-0.1, -0.05) is 32.4 Å². The molecular formula is C25H38O2. The van der Waals surface area contributed by atoms with Gasteiger partial charge in [-0.3, -0.25) is 0 Å². The number of fused-ring (bicyclic) bond motifs is 5. The molecule has 0 amide bonds. The minimum atomic E-state index is -0.322. The summed E-state index contributed by atoms with van der Waals surface area (Å²) in [5.41, 5.74) is 1.90. The van der Waals surface area contributed by atoms with Crippen molar-refractivity contribution in [2.45, 2.75) is 91.3 Å². The molecule has 0 aromatic heterocycles. The molecule has 9 atom stereocenters. The predicted molar refractivity (Wildman–Crippen MR) is 110 cm³/mol. The number of hydrogen-bond acceptors (Lipinski definition) is 2. The van der Waals surface area contributed by atoms with Crippen LogP contribution in [0.1, 0.15) is 79.1 Å². The number of aliphatic hydroxyl groups is 2. The molecule has 4 aliphatic rings. The lowest BCUT2D eigenvalue weighted by atomic mass is 9.46. The highest BCUT2D eigenvalue weighted by Gasteiger charge is 2.61. The van der Waals surface area contributed by atoms with Gasteiger partial charge < -0.3 is 10.2 Å². The molecule has 0 bridgehead atoms. The normalized spacial score (nSPS) is 49.8. The van der Waals surface area contributed by atoms with Gasteiger partial charge in [0.2, 0.25) is 0 Å². The molecule has 4 aliphatic carbocycles. The van der Waals surface area contributed by atoms with Crippen LogP contribution in [0.3, 0.4) is 0 Å². The molecule has 150 valence electrons. The van der Waals surface area contributed by atoms with Crippen molar-refractivity contribution in [2.24, 2.45) is 40.4 Å². The first-order valence-electron chi connectivity index (χ1n) is 11.3. The second-order valence-electron chi connectivity index (χ2n) is 10.6. The Morgan fingerprint density at radius 1 is 1.11 bits per heavy atom. The maximum atomic E-state index is 11.2. The lowest BCUT2D eigenvalue weighted by Gasteiger charge is -2.59. The van der Waals surface area contributed by atoms with Crippen molar-refractivity contribution in [3.8, 4) is 11.8 Å². The molecular weight excluding hydrogens is 332 g/mol. The van der Waals surface area contributed by atoms with Crippen LogP contribution in [0.4, 0.5) is 0 Å². The van der Waals surface area contributed by atoms with E-state index >= 15 is 0 Å². The van der Waals surface area contributed by atoms with Crippen LogP contribution in [0.15, 0.2) is 11.6 Å². The van der Waals surface area contributed by atoms with Crippen LogP contribution in [0.2, 0.25) is 0 Å². The smallest absolute Gasteiger partial charge is 0.0757 e. The van der Waals surface area contributed by atoms with E-state index in [-0.39, 0.29) is 17.6 Å². The van der Waals surface area contributed by atoms with Gasteiger partial charge in [-0.25, -0.2) is 0 Å². The summed E-state index contributed by atoms with van der Waals surface area (Å²) in [6, 6.07) is 0. The molecule has 0 heterocycles. The third-order valence-electron chi connectivity index (χ3n) is 9.46. The van der Waals surface area contributed by atoms with Crippen LogP contribution >= 0.6 is 0 Å². The van der Waals surface area contributed by atoms with Crippen molar-refractivity contribution in [3.05, 3.63) is 11.6 Å². The van der Waals surface area contributed by atoms with Gasteiger partial charge in [-0.2, -0.15) is 0 Å². The standard InChI is InChI=1S/C25H38O2/c1-5-6-7-16(2)19-8-9-20-23-21(11-13-25(19,20)4)24(3)12-10-18(26)14-17(24)15-22(23)27/h15-16,18-23,26-27H,7-14H2,1-4H3/t16?,18-,19+,20?,21?,22+,23-,24-,25+/m0/s1. The molecule has 27 heavy (non-hydrogen) atoms. The first-order chi connectivity index (χ1) is 12.8. The molecule has 3 saturated carbocycles. The zero-order valence-electron chi connectivity index (χ0n) is 17.7. The van der Waals surface area contributed by atoms with Gasteiger partial charge in [0.25, 0.3) is 0 Å². The Morgan fingerprint density at radius 3 is 2.63 bits per heavy atom. The molecule has 0 aromatic rings. The van der Waals surface area contributed by atoms with E-state index in [2.05, 4.69) is 38.7 Å². The summed E-state index contributed by atoms with van der Waals surface area (Å²) in [5.74, 6) is 9.41. The highest BCUT2D eigenvalue weighted by Crippen LogP contribution is 2.67. The zero-order chi connectivity index (χ0) is 19.4. The van der Waals surface area contributed by atoms with Gasteiger partial charge >= 0.3 is 0 Å². The zero-order valence-corrected chi connectivity index (χ0v) is 17.7. The molecule has 0 aromatic carbocycles. The van der Waals surface area contributed by atoms with E-state index in [0.29, 0.717) is 29.1 Å². The molecule has 3 fully saturated rings. The molecule has 0 saturated heterocycles. The fourth-order valence-corrected chi connectivity index (χ4v) is 8.01. The summed E-state index contributed by atoms with van der Waals surface area (Å²) < 4.78 is 0. The molecule has 2 N–H and O–H groups in total. The second kappa shape index (κ2) is 6.93. The monoisotopic (exact) mass is 370 g/mol. The third kappa shape index (κ3) is 2.92. The van der Waals surface area contributed by atoms with Crippen molar-refractivity contribution in [1.82, 2.24) is 0 Å². The lowest BCUT2D eigenvalue weighted by Crippen LogP contribution is -2.54. The summed E-state index contributed by atoms with van der Waals surface area (Å²) in [6.45, 7) is 9.30. The fourth-order valence-electron chi connectivity index (χ4n) is 8.01. The highest BCUT2D eigenvalue weighted by atomic mass is 16.3.